The number of ether oxygens (including phenoxy) is 1. The highest BCUT2D eigenvalue weighted by Crippen LogP contribution is 2.24. The molecular formula is C10H22N2O. The molecule has 0 saturated carbocycles. The highest BCUT2D eigenvalue weighted by Gasteiger charge is 2.34. The van der Waals surface area contributed by atoms with Crippen LogP contribution in [0.3, 0.4) is 0 Å². The summed E-state index contributed by atoms with van der Waals surface area (Å²) in [4.78, 5) is 2.25. The lowest BCUT2D eigenvalue weighted by molar-refractivity contribution is 0.127. The van der Waals surface area contributed by atoms with Crippen molar-refractivity contribution >= 4 is 0 Å². The van der Waals surface area contributed by atoms with Gasteiger partial charge in [-0.3, -0.25) is 0 Å². The first-order valence-electron chi connectivity index (χ1n) is 4.94. The molecule has 1 aliphatic rings. The Balaban J connectivity index is 2.34. The van der Waals surface area contributed by atoms with Crippen LogP contribution in [0.2, 0.25) is 0 Å². The van der Waals surface area contributed by atoms with Gasteiger partial charge in [0.25, 0.3) is 0 Å². The molecular weight excluding hydrogens is 164 g/mol. The highest BCUT2D eigenvalue weighted by molar-refractivity contribution is 4.93. The second kappa shape index (κ2) is 4.40. The molecule has 1 aliphatic heterocycles. The normalized spacial score (nSPS) is 34.4. The minimum absolute atomic E-state index is 0.204. The van der Waals surface area contributed by atoms with E-state index in [-0.39, 0.29) is 5.54 Å². The SMILES string of the molecule is COCC1(C)CC(CN(C)C)CN1. The second-order valence-corrected chi connectivity index (χ2v) is 4.71. The van der Waals surface area contributed by atoms with Gasteiger partial charge < -0.3 is 15.0 Å². The molecule has 0 bridgehead atoms. The summed E-state index contributed by atoms with van der Waals surface area (Å²) in [5.41, 5.74) is 0.204. The molecule has 13 heavy (non-hydrogen) atoms. The summed E-state index contributed by atoms with van der Waals surface area (Å²) in [7, 11) is 6.03. The van der Waals surface area contributed by atoms with Crippen molar-refractivity contribution in [3.05, 3.63) is 0 Å². The molecule has 0 aromatic heterocycles. The number of nitrogens with one attached hydrogen (secondary N) is 1. The van der Waals surface area contributed by atoms with E-state index < -0.39 is 0 Å². The van der Waals surface area contributed by atoms with Gasteiger partial charge >= 0.3 is 0 Å². The fraction of sp³-hybridized carbons (Fsp3) is 1.00. The molecule has 0 aliphatic carbocycles. The maximum absolute atomic E-state index is 5.21. The first-order chi connectivity index (χ1) is 6.06. The number of hydrogen-bond acceptors (Lipinski definition) is 3. The van der Waals surface area contributed by atoms with Crippen LogP contribution in [0, 0.1) is 5.92 Å². The van der Waals surface area contributed by atoms with Crippen molar-refractivity contribution in [2.24, 2.45) is 5.92 Å². The molecule has 0 aromatic carbocycles. The number of methoxy groups -OCH3 is 1. The smallest absolute Gasteiger partial charge is 0.0641 e. The quantitative estimate of drug-likeness (QED) is 0.694. The van der Waals surface area contributed by atoms with Gasteiger partial charge in [0, 0.05) is 19.2 Å². The van der Waals surface area contributed by atoms with E-state index in [4.69, 9.17) is 4.74 Å². The van der Waals surface area contributed by atoms with Gasteiger partial charge in [-0.05, 0) is 39.9 Å². The van der Waals surface area contributed by atoms with Gasteiger partial charge in [0.1, 0.15) is 0 Å². The molecule has 2 atom stereocenters. The van der Waals surface area contributed by atoms with Gasteiger partial charge in [0.15, 0.2) is 0 Å². The second-order valence-electron chi connectivity index (χ2n) is 4.71. The zero-order valence-electron chi connectivity index (χ0n) is 9.26. The summed E-state index contributed by atoms with van der Waals surface area (Å²) in [6, 6.07) is 0. The van der Waals surface area contributed by atoms with Crippen LogP contribution in [0.25, 0.3) is 0 Å². The van der Waals surface area contributed by atoms with Gasteiger partial charge in [-0.1, -0.05) is 0 Å². The van der Waals surface area contributed by atoms with Crippen molar-refractivity contribution in [3.8, 4) is 0 Å². The Kier molecular flexibility index (Phi) is 3.71. The van der Waals surface area contributed by atoms with E-state index in [0.29, 0.717) is 0 Å². The molecule has 0 spiro atoms. The van der Waals surface area contributed by atoms with Gasteiger partial charge in [-0.2, -0.15) is 0 Å². The summed E-state index contributed by atoms with van der Waals surface area (Å²) in [6.45, 7) is 5.35. The molecule has 0 radical (unpaired) electrons. The molecule has 1 fully saturated rings. The van der Waals surface area contributed by atoms with Crippen LogP contribution < -0.4 is 5.32 Å². The van der Waals surface area contributed by atoms with Crippen molar-refractivity contribution in [1.82, 2.24) is 10.2 Å². The van der Waals surface area contributed by atoms with E-state index in [1.165, 1.54) is 13.0 Å². The molecule has 3 heteroatoms. The Labute approximate surface area is 81.4 Å². The summed E-state index contributed by atoms with van der Waals surface area (Å²) < 4.78 is 5.21. The summed E-state index contributed by atoms with van der Waals surface area (Å²) in [5.74, 6) is 0.773. The van der Waals surface area contributed by atoms with E-state index in [1.807, 2.05) is 0 Å². The van der Waals surface area contributed by atoms with Crippen molar-refractivity contribution < 1.29 is 4.74 Å². The number of rotatable bonds is 4. The van der Waals surface area contributed by atoms with Crippen LogP contribution in [0.5, 0.6) is 0 Å². The zero-order valence-corrected chi connectivity index (χ0v) is 9.26. The van der Waals surface area contributed by atoms with E-state index in [9.17, 15) is 0 Å². The monoisotopic (exact) mass is 186 g/mol. The molecule has 1 heterocycles. The largest absolute Gasteiger partial charge is 0.383 e. The third kappa shape index (κ3) is 3.25. The minimum Gasteiger partial charge on any atom is -0.383 e. The predicted molar refractivity (Wildman–Crippen MR) is 54.9 cm³/mol. The van der Waals surface area contributed by atoms with Crippen LogP contribution in [0.15, 0.2) is 0 Å². The van der Waals surface area contributed by atoms with Crippen LogP contribution in [0.4, 0.5) is 0 Å². The summed E-state index contributed by atoms with van der Waals surface area (Å²) >= 11 is 0. The van der Waals surface area contributed by atoms with Crippen LogP contribution in [-0.2, 0) is 4.74 Å². The van der Waals surface area contributed by atoms with Gasteiger partial charge in [-0.25, -0.2) is 0 Å². The first-order valence-corrected chi connectivity index (χ1v) is 4.94. The predicted octanol–water partition coefficient (Wildman–Crippen LogP) is 0.563. The number of hydrogen-bond donors (Lipinski definition) is 1. The fourth-order valence-corrected chi connectivity index (χ4v) is 2.25. The average molecular weight is 186 g/mol. The highest BCUT2D eigenvalue weighted by atomic mass is 16.5. The molecule has 1 saturated heterocycles. The Bertz CT molecular complexity index is 161. The van der Waals surface area contributed by atoms with Crippen LogP contribution in [-0.4, -0.2) is 51.3 Å². The lowest BCUT2D eigenvalue weighted by atomic mass is 9.95. The Hall–Kier alpha value is -0.120. The lowest BCUT2D eigenvalue weighted by Crippen LogP contribution is -2.40. The molecule has 0 amide bonds. The van der Waals surface area contributed by atoms with Crippen LogP contribution >= 0.6 is 0 Å². The molecule has 3 nitrogen and oxygen atoms in total. The third-order valence-electron chi connectivity index (χ3n) is 2.64. The van der Waals surface area contributed by atoms with E-state index in [2.05, 4.69) is 31.2 Å². The molecule has 1 N–H and O–H groups in total. The van der Waals surface area contributed by atoms with Crippen molar-refractivity contribution in [2.75, 3.05) is 40.9 Å². The van der Waals surface area contributed by atoms with Gasteiger partial charge in [0.2, 0.25) is 0 Å². The molecule has 78 valence electrons. The van der Waals surface area contributed by atoms with E-state index >= 15 is 0 Å². The van der Waals surface area contributed by atoms with E-state index in [0.717, 1.165) is 19.1 Å². The summed E-state index contributed by atoms with van der Waals surface area (Å²) in [5, 5.41) is 3.54. The zero-order chi connectivity index (χ0) is 9.90. The van der Waals surface area contributed by atoms with Crippen LogP contribution in [0.1, 0.15) is 13.3 Å². The van der Waals surface area contributed by atoms with Crippen molar-refractivity contribution in [2.45, 2.75) is 18.9 Å². The molecule has 0 aromatic rings. The molecule has 1 rings (SSSR count). The lowest BCUT2D eigenvalue weighted by Gasteiger charge is -2.23. The van der Waals surface area contributed by atoms with Crippen molar-refractivity contribution in [1.29, 1.82) is 0 Å². The molecule has 2 unspecified atom stereocenters. The topological polar surface area (TPSA) is 24.5 Å². The third-order valence-corrected chi connectivity index (χ3v) is 2.64. The maximum atomic E-state index is 5.21. The van der Waals surface area contributed by atoms with Gasteiger partial charge in [0.05, 0.1) is 6.61 Å². The first kappa shape index (κ1) is 11.0. The standard InChI is InChI=1S/C10H22N2O/c1-10(8-13-4)5-9(6-11-10)7-12(2)3/h9,11H,5-8H2,1-4H3. The fourth-order valence-electron chi connectivity index (χ4n) is 2.25. The Morgan fingerprint density at radius 2 is 2.23 bits per heavy atom. The Morgan fingerprint density at radius 1 is 1.54 bits per heavy atom. The van der Waals surface area contributed by atoms with Crippen molar-refractivity contribution in [3.63, 3.8) is 0 Å². The minimum atomic E-state index is 0.204. The van der Waals surface area contributed by atoms with Gasteiger partial charge in [-0.15, -0.1) is 0 Å². The maximum Gasteiger partial charge on any atom is 0.0641 e. The van der Waals surface area contributed by atoms with E-state index in [1.54, 1.807) is 7.11 Å². The number of nitrogens with zero attached hydrogens (tertiary/aromatic N) is 1. The summed E-state index contributed by atoms with van der Waals surface area (Å²) in [6.07, 6.45) is 1.22. The Morgan fingerprint density at radius 3 is 2.77 bits per heavy atom. The average Bonchev–Trinajstić information content (AvgIpc) is 2.31.